The largest absolute Gasteiger partial charge is 0.377 e. The average molecular weight is 313 g/mol. The third-order valence-electron chi connectivity index (χ3n) is 2.63. The van der Waals surface area contributed by atoms with Gasteiger partial charge >= 0.3 is 0 Å². The number of rotatable bonds is 6. The molecule has 18 heavy (non-hydrogen) atoms. The van der Waals surface area contributed by atoms with Crippen molar-refractivity contribution in [1.82, 2.24) is 19.7 Å². The lowest BCUT2D eigenvalue weighted by molar-refractivity contribution is 0.0759. The molecule has 0 aromatic carbocycles. The minimum absolute atomic E-state index is 0.225. The van der Waals surface area contributed by atoms with Crippen molar-refractivity contribution < 1.29 is 4.74 Å². The molecule has 2 aromatic rings. The Morgan fingerprint density at radius 3 is 3.06 bits per heavy atom. The average Bonchev–Trinajstić information content (AvgIpc) is 2.72. The Bertz CT molecular complexity index is 514. The smallest absolute Gasteiger partial charge is 0.155 e. The molecule has 0 spiro atoms. The number of imidazole rings is 1. The lowest BCUT2D eigenvalue weighted by atomic mass is 10.4. The van der Waals surface area contributed by atoms with Gasteiger partial charge in [-0.3, -0.25) is 4.40 Å². The van der Waals surface area contributed by atoms with E-state index < -0.39 is 0 Å². The molecular formula is C12H17BrN4O. The maximum absolute atomic E-state index is 5.47. The molecule has 2 rings (SSSR count). The molecule has 0 aliphatic heterocycles. The van der Waals surface area contributed by atoms with E-state index in [1.54, 1.807) is 6.20 Å². The minimum atomic E-state index is 0.225. The highest BCUT2D eigenvalue weighted by molar-refractivity contribution is 9.10. The van der Waals surface area contributed by atoms with E-state index in [0.29, 0.717) is 0 Å². The number of fused-ring (bicyclic) bond motifs is 1. The van der Waals surface area contributed by atoms with Crippen LogP contribution in [0.25, 0.3) is 5.65 Å². The third kappa shape index (κ3) is 3.28. The summed E-state index contributed by atoms with van der Waals surface area (Å²) in [6, 6.07) is 0. The number of ether oxygens (including phenoxy) is 1. The molecule has 0 bridgehead atoms. The second kappa shape index (κ2) is 6.26. The minimum Gasteiger partial charge on any atom is -0.377 e. The Balaban J connectivity index is 1.97. The fourth-order valence-electron chi connectivity index (χ4n) is 1.79. The molecule has 0 amide bonds. The molecule has 0 saturated carbocycles. The van der Waals surface area contributed by atoms with Gasteiger partial charge in [-0.1, -0.05) is 0 Å². The molecule has 6 heteroatoms. The van der Waals surface area contributed by atoms with Gasteiger partial charge in [-0.05, 0) is 29.8 Å². The molecule has 1 unspecified atom stereocenters. The van der Waals surface area contributed by atoms with Gasteiger partial charge in [0.05, 0.1) is 24.2 Å². The first-order valence-electron chi connectivity index (χ1n) is 6.00. The van der Waals surface area contributed by atoms with Crippen molar-refractivity contribution in [2.45, 2.75) is 26.5 Å². The first kappa shape index (κ1) is 13.5. The molecule has 0 aliphatic carbocycles. The van der Waals surface area contributed by atoms with Crippen LogP contribution in [0.4, 0.5) is 0 Å². The zero-order chi connectivity index (χ0) is 13.0. The predicted octanol–water partition coefficient (Wildman–Crippen LogP) is 2.01. The molecule has 98 valence electrons. The highest BCUT2D eigenvalue weighted by Gasteiger charge is 2.05. The number of nitrogens with one attached hydrogen (secondary N) is 1. The van der Waals surface area contributed by atoms with Gasteiger partial charge in [0.1, 0.15) is 4.60 Å². The number of nitrogens with zero attached hydrogens (tertiary/aromatic N) is 3. The third-order valence-corrected chi connectivity index (χ3v) is 3.04. The van der Waals surface area contributed by atoms with E-state index >= 15 is 0 Å². The first-order chi connectivity index (χ1) is 8.70. The molecule has 5 nitrogen and oxygen atoms in total. The Morgan fingerprint density at radius 1 is 1.44 bits per heavy atom. The fourth-order valence-corrected chi connectivity index (χ4v) is 2.10. The number of hydrogen-bond donors (Lipinski definition) is 1. The van der Waals surface area contributed by atoms with Crippen LogP contribution in [0.1, 0.15) is 19.5 Å². The molecular weight excluding hydrogens is 296 g/mol. The van der Waals surface area contributed by atoms with Gasteiger partial charge in [-0.25, -0.2) is 9.97 Å². The van der Waals surface area contributed by atoms with Crippen LogP contribution in [0, 0.1) is 0 Å². The van der Waals surface area contributed by atoms with Crippen LogP contribution in [-0.2, 0) is 11.3 Å². The van der Waals surface area contributed by atoms with Crippen LogP contribution in [-0.4, -0.2) is 33.6 Å². The monoisotopic (exact) mass is 312 g/mol. The van der Waals surface area contributed by atoms with E-state index in [1.807, 2.05) is 23.7 Å². The predicted molar refractivity (Wildman–Crippen MR) is 73.5 cm³/mol. The summed E-state index contributed by atoms with van der Waals surface area (Å²) in [6.45, 7) is 6.40. The van der Waals surface area contributed by atoms with Crippen LogP contribution >= 0.6 is 15.9 Å². The maximum Gasteiger partial charge on any atom is 0.155 e. The second-order valence-electron chi connectivity index (χ2n) is 4.08. The van der Waals surface area contributed by atoms with Gasteiger partial charge in [0, 0.05) is 25.9 Å². The van der Waals surface area contributed by atoms with Crippen molar-refractivity contribution in [2.75, 3.05) is 13.2 Å². The second-order valence-corrected chi connectivity index (χ2v) is 4.90. The molecule has 2 heterocycles. The van der Waals surface area contributed by atoms with Gasteiger partial charge in [0.2, 0.25) is 0 Å². The van der Waals surface area contributed by atoms with Crippen LogP contribution in [0.15, 0.2) is 23.2 Å². The lowest BCUT2D eigenvalue weighted by Gasteiger charge is -2.12. The summed E-state index contributed by atoms with van der Waals surface area (Å²) in [5, 5.41) is 3.36. The summed E-state index contributed by atoms with van der Waals surface area (Å²) in [5.41, 5.74) is 1.96. The molecule has 1 atom stereocenters. The van der Waals surface area contributed by atoms with Crippen molar-refractivity contribution in [3.8, 4) is 0 Å². The van der Waals surface area contributed by atoms with Crippen molar-refractivity contribution in [2.24, 2.45) is 0 Å². The Labute approximate surface area is 115 Å². The Morgan fingerprint density at radius 2 is 2.28 bits per heavy atom. The standard InChI is InChI=1S/C12H17BrN4O/c1-3-18-9(2)4-14-5-10-6-16-12-7-15-11(13)8-17(10)12/h6-9,14H,3-5H2,1-2H3. The van der Waals surface area contributed by atoms with Crippen molar-refractivity contribution in [1.29, 1.82) is 0 Å². The van der Waals surface area contributed by atoms with Crippen molar-refractivity contribution in [3.05, 3.63) is 28.9 Å². The SMILES string of the molecule is CCOC(C)CNCc1cnc2cnc(Br)cn12. The van der Waals surface area contributed by atoms with E-state index in [2.05, 4.69) is 38.1 Å². The normalized spacial score (nSPS) is 13.1. The zero-order valence-electron chi connectivity index (χ0n) is 10.6. The molecule has 2 aromatic heterocycles. The zero-order valence-corrected chi connectivity index (χ0v) is 12.1. The summed E-state index contributed by atoms with van der Waals surface area (Å²) in [6.07, 6.45) is 5.76. The van der Waals surface area contributed by atoms with E-state index in [1.165, 1.54) is 0 Å². The van der Waals surface area contributed by atoms with Gasteiger partial charge in [-0.15, -0.1) is 0 Å². The van der Waals surface area contributed by atoms with E-state index in [9.17, 15) is 0 Å². The number of aromatic nitrogens is 3. The molecule has 0 fully saturated rings. The molecule has 1 N–H and O–H groups in total. The van der Waals surface area contributed by atoms with Gasteiger partial charge in [0.25, 0.3) is 0 Å². The number of halogens is 1. The topological polar surface area (TPSA) is 51.5 Å². The van der Waals surface area contributed by atoms with E-state index in [0.717, 1.165) is 35.6 Å². The van der Waals surface area contributed by atoms with Gasteiger partial charge in [-0.2, -0.15) is 0 Å². The lowest BCUT2D eigenvalue weighted by Crippen LogP contribution is -2.26. The van der Waals surface area contributed by atoms with Crippen molar-refractivity contribution >= 4 is 21.6 Å². The van der Waals surface area contributed by atoms with E-state index in [4.69, 9.17) is 4.74 Å². The van der Waals surface area contributed by atoms with Gasteiger partial charge < -0.3 is 10.1 Å². The highest BCUT2D eigenvalue weighted by Crippen LogP contribution is 2.10. The van der Waals surface area contributed by atoms with Crippen LogP contribution in [0.5, 0.6) is 0 Å². The Hall–Kier alpha value is -0.980. The van der Waals surface area contributed by atoms with Crippen LogP contribution in [0.2, 0.25) is 0 Å². The van der Waals surface area contributed by atoms with Crippen LogP contribution < -0.4 is 5.32 Å². The summed E-state index contributed by atoms with van der Waals surface area (Å²) < 4.78 is 8.29. The fraction of sp³-hybridized carbons (Fsp3) is 0.500. The summed E-state index contributed by atoms with van der Waals surface area (Å²) in [5.74, 6) is 0. The molecule has 0 aliphatic rings. The number of hydrogen-bond acceptors (Lipinski definition) is 4. The summed E-state index contributed by atoms with van der Waals surface area (Å²) in [4.78, 5) is 8.45. The van der Waals surface area contributed by atoms with Crippen molar-refractivity contribution in [3.63, 3.8) is 0 Å². The summed E-state index contributed by atoms with van der Waals surface area (Å²) in [7, 11) is 0. The highest BCUT2D eigenvalue weighted by atomic mass is 79.9. The maximum atomic E-state index is 5.47. The Kier molecular flexibility index (Phi) is 4.68. The molecule has 0 saturated heterocycles. The summed E-state index contributed by atoms with van der Waals surface area (Å²) >= 11 is 3.36. The van der Waals surface area contributed by atoms with E-state index in [-0.39, 0.29) is 6.10 Å². The molecule has 0 radical (unpaired) electrons. The van der Waals surface area contributed by atoms with Gasteiger partial charge in [0.15, 0.2) is 5.65 Å². The quantitative estimate of drug-likeness (QED) is 0.886. The van der Waals surface area contributed by atoms with Crippen LogP contribution in [0.3, 0.4) is 0 Å². The first-order valence-corrected chi connectivity index (χ1v) is 6.79.